The average Bonchev–Trinajstić information content (AvgIpc) is 3.04. The van der Waals surface area contributed by atoms with Crippen LogP contribution in [-0.4, -0.2) is 29.1 Å². The van der Waals surface area contributed by atoms with Gasteiger partial charge in [0, 0.05) is 6.42 Å². The van der Waals surface area contributed by atoms with Crippen LogP contribution in [0.5, 0.6) is 0 Å². The standard InChI is InChI=1S/C9H10N6O5/c1-2-7(12-5-3-10-8(12)14(16)17)20-13-6-4-11-9(13)15(18)19/h3-7H,2H2,1H3. The van der Waals surface area contributed by atoms with Crippen LogP contribution >= 0.6 is 0 Å². The SMILES string of the molecule is CCC(On1ccnc1[N+](=O)[O-])n1ccnc1[N+](=O)[O-]. The van der Waals surface area contributed by atoms with Crippen molar-refractivity contribution in [1.29, 1.82) is 0 Å². The number of rotatable bonds is 6. The van der Waals surface area contributed by atoms with Gasteiger partial charge in [-0.05, 0) is 14.6 Å². The van der Waals surface area contributed by atoms with Crippen molar-refractivity contribution in [3.8, 4) is 0 Å². The van der Waals surface area contributed by atoms with Gasteiger partial charge < -0.3 is 25.1 Å². The molecule has 20 heavy (non-hydrogen) atoms. The Labute approximate surface area is 111 Å². The molecule has 106 valence electrons. The maximum Gasteiger partial charge on any atom is 0.471 e. The summed E-state index contributed by atoms with van der Waals surface area (Å²) in [5.41, 5.74) is 0. The van der Waals surface area contributed by atoms with E-state index < -0.39 is 28.0 Å². The number of imidazole rings is 2. The van der Waals surface area contributed by atoms with Gasteiger partial charge in [-0.1, -0.05) is 16.9 Å². The summed E-state index contributed by atoms with van der Waals surface area (Å²) in [6.07, 6.45) is 4.61. The molecule has 0 saturated heterocycles. The highest BCUT2D eigenvalue weighted by Gasteiger charge is 2.27. The first-order valence-electron chi connectivity index (χ1n) is 5.56. The zero-order chi connectivity index (χ0) is 14.7. The Kier molecular flexibility index (Phi) is 3.59. The highest BCUT2D eigenvalue weighted by molar-refractivity contribution is 5.08. The summed E-state index contributed by atoms with van der Waals surface area (Å²) in [5, 5.41) is 21.5. The molecule has 0 spiro atoms. The van der Waals surface area contributed by atoms with Gasteiger partial charge in [-0.15, -0.1) is 0 Å². The minimum Gasteiger partial charge on any atom is -0.390 e. The van der Waals surface area contributed by atoms with Crippen molar-refractivity contribution >= 4 is 11.9 Å². The summed E-state index contributed by atoms with van der Waals surface area (Å²) >= 11 is 0. The Hall–Kier alpha value is -2.98. The molecule has 0 amide bonds. The van der Waals surface area contributed by atoms with Crippen molar-refractivity contribution in [3.63, 3.8) is 0 Å². The summed E-state index contributed by atoms with van der Waals surface area (Å²) in [4.78, 5) is 32.7. The van der Waals surface area contributed by atoms with Crippen LogP contribution in [0.25, 0.3) is 0 Å². The summed E-state index contributed by atoms with van der Waals surface area (Å²) in [6, 6.07) is 0. The smallest absolute Gasteiger partial charge is 0.390 e. The van der Waals surface area contributed by atoms with Gasteiger partial charge >= 0.3 is 11.9 Å². The number of hydrogen-bond donors (Lipinski definition) is 0. The van der Waals surface area contributed by atoms with Crippen molar-refractivity contribution in [2.45, 2.75) is 19.6 Å². The molecule has 1 unspecified atom stereocenters. The Morgan fingerprint density at radius 1 is 1.20 bits per heavy atom. The molecule has 2 heterocycles. The van der Waals surface area contributed by atoms with E-state index in [0.717, 1.165) is 4.73 Å². The molecule has 0 bridgehead atoms. The normalized spacial score (nSPS) is 12.1. The summed E-state index contributed by atoms with van der Waals surface area (Å²) in [6.45, 7) is 1.72. The van der Waals surface area contributed by atoms with E-state index in [-0.39, 0.29) is 0 Å². The second kappa shape index (κ2) is 5.34. The first-order chi connectivity index (χ1) is 9.54. The zero-order valence-electron chi connectivity index (χ0n) is 10.3. The second-order valence-corrected chi connectivity index (χ2v) is 3.67. The van der Waals surface area contributed by atoms with E-state index in [4.69, 9.17) is 4.84 Å². The molecule has 0 saturated carbocycles. The Morgan fingerprint density at radius 3 is 2.40 bits per heavy atom. The van der Waals surface area contributed by atoms with Crippen LogP contribution in [0, 0.1) is 20.2 Å². The van der Waals surface area contributed by atoms with E-state index in [1.807, 2.05) is 0 Å². The Morgan fingerprint density at radius 2 is 1.80 bits per heavy atom. The predicted octanol–water partition coefficient (Wildman–Crippen LogP) is 0.933. The molecule has 0 aliphatic heterocycles. The second-order valence-electron chi connectivity index (χ2n) is 3.67. The molecular formula is C9H10N6O5. The van der Waals surface area contributed by atoms with Gasteiger partial charge in [0.05, 0.1) is 0 Å². The Bertz CT molecular complexity index is 634. The van der Waals surface area contributed by atoms with E-state index in [2.05, 4.69) is 9.97 Å². The Balaban J connectivity index is 2.29. The number of hydrogen-bond acceptors (Lipinski definition) is 7. The van der Waals surface area contributed by atoms with E-state index in [1.165, 1.54) is 29.4 Å². The maximum absolute atomic E-state index is 10.8. The first kappa shape index (κ1) is 13.5. The summed E-state index contributed by atoms with van der Waals surface area (Å²) < 4.78 is 2.04. The van der Waals surface area contributed by atoms with Gasteiger partial charge in [0.15, 0.2) is 0 Å². The van der Waals surface area contributed by atoms with Gasteiger partial charge in [0.25, 0.3) is 6.23 Å². The van der Waals surface area contributed by atoms with E-state index in [0.29, 0.717) is 6.42 Å². The van der Waals surface area contributed by atoms with Crippen molar-refractivity contribution in [2.75, 3.05) is 0 Å². The third kappa shape index (κ3) is 2.41. The predicted molar refractivity (Wildman–Crippen MR) is 63.7 cm³/mol. The van der Waals surface area contributed by atoms with Crippen molar-refractivity contribution < 1.29 is 14.7 Å². The highest BCUT2D eigenvalue weighted by atomic mass is 16.7. The third-order valence-corrected chi connectivity index (χ3v) is 2.46. The molecule has 11 nitrogen and oxygen atoms in total. The number of nitro groups is 2. The van der Waals surface area contributed by atoms with Gasteiger partial charge in [-0.2, -0.15) is 4.57 Å². The molecular weight excluding hydrogens is 272 g/mol. The van der Waals surface area contributed by atoms with Crippen molar-refractivity contribution in [1.82, 2.24) is 19.3 Å². The lowest BCUT2D eigenvalue weighted by molar-refractivity contribution is -0.405. The molecule has 0 N–H and O–H groups in total. The maximum atomic E-state index is 10.8. The molecule has 2 aromatic rings. The van der Waals surface area contributed by atoms with Crippen LogP contribution < -0.4 is 4.84 Å². The molecule has 0 fully saturated rings. The van der Waals surface area contributed by atoms with Gasteiger partial charge in [0.1, 0.15) is 24.8 Å². The van der Waals surface area contributed by atoms with Gasteiger partial charge in [-0.25, -0.2) is 0 Å². The largest absolute Gasteiger partial charge is 0.471 e. The highest BCUT2D eigenvalue weighted by Crippen LogP contribution is 2.19. The van der Waals surface area contributed by atoms with Crippen molar-refractivity contribution in [3.05, 3.63) is 45.0 Å². The molecule has 1 atom stereocenters. The summed E-state index contributed by atoms with van der Waals surface area (Å²) in [7, 11) is 0. The van der Waals surface area contributed by atoms with Gasteiger partial charge in [-0.3, -0.25) is 0 Å². The summed E-state index contributed by atoms with van der Waals surface area (Å²) in [5.74, 6) is -0.911. The fourth-order valence-corrected chi connectivity index (χ4v) is 1.62. The molecule has 0 radical (unpaired) electrons. The lowest BCUT2D eigenvalue weighted by Gasteiger charge is -2.13. The minimum absolute atomic E-state index is 0.340. The number of nitrogens with zero attached hydrogens (tertiary/aromatic N) is 6. The minimum atomic E-state index is -0.814. The monoisotopic (exact) mass is 282 g/mol. The van der Waals surface area contributed by atoms with E-state index in [1.54, 1.807) is 6.92 Å². The molecule has 11 heteroatoms. The van der Waals surface area contributed by atoms with Crippen LogP contribution in [0.3, 0.4) is 0 Å². The average molecular weight is 282 g/mol. The fourth-order valence-electron chi connectivity index (χ4n) is 1.62. The topological polar surface area (TPSA) is 131 Å². The zero-order valence-corrected chi connectivity index (χ0v) is 10.3. The fraction of sp³-hybridized carbons (Fsp3) is 0.333. The van der Waals surface area contributed by atoms with Crippen LogP contribution in [0.15, 0.2) is 24.8 Å². The third-order valence-electron chi connectivity index (χ3n) is 2.46. The van der Waals surface area contributed by atoms with Crippen LogP contribution in [0.2, 0.25) is 0 Å². The van der Waals surface area contributed by atoms with Crippen LogP contribution in [0.1, 0.15) is 19.6 Å². The molecule has 2 aromatic heterocycles. The van der Waals surface area contributed by atoms with Crippen molar-refractivity contribution in [2.24, 2.45) is 0 Å². The first-order valence-corrected chi connectivity index (χ1v) is 5.56. The quantitative estimate of drug-likeness (QED) is 0.568. The van der Waals surface area contributed by atoms with Crippen LogP contribution in [-0.2, 0) is 0 Å². The van der Waals surface area contributed by atoms with Crippen LogP contribution in [0.4, 0.5) is 11.9 Å². The molecule has 0 aliphatic carbocycles. The van der Waals surface area contributed by atoms with Gasteiger partial charge in [0.2, 0.25) is 0 Å². The lowest BCUT2D eigenvalue weighted by Crippen LogP contribution is -2.24. The van der Waals surface area contributed by atoms with E-state index >= 15 is 0 Å². The molecule has 0 aromatic carbocycles. The van der Waals surface area contributed by atoms with E-state index in [9.17, 15) is 20.2 Å². The lowest BCUT2D eigenvalue weighted by atomic mass is 10.4. The molecule has 2 rings (SSSR count). The molecule has 0 aliphatic rings. The number of aromatic nitrogens is 4.